The largest absolute Gasteiger partial charge is 0.254 e. The molecule has 1 aliphatic rings. The van der Waals surface area contributed by atoms with Crippen LogP contribution in [0, 0.1) is 5.41 Å². The van der Waals surface area contributed by atoms with E-state index in [1.807, 2.05) is 12.3 Å². The Bertz CT molecular complexity index is 2470. The van der Waals surface area contributed by atoms with Crippen molar-refractivity contribution >= 4 is 21.8 Å². The highest BCUT2D eigenvalue weighted by Gasteiger charge is 2.22. The van der Waals surface area contributed by atoms with Crippen molar-refractivity contribution < 1.29 is 0 Å². The van der Waals surface area contributed by atoms with Crippen LogP contribution >= 0.6 is 0 Å². The zero-order valence-corrected chi connectivity index (χ0v) is 30.9. The van der Waals surface area contributed by atoms with E-state index in [1.165, 1.54) is 11.1 Å². The van der Waals surface area contributed by atoms with Gasteiger partial charge >= 0.3 is 0 Å². The van der Waals surface area contributed by atoms with Crippen LogP contribution in [0.1, 0.15) is 65.3 Å². The standard InChI is InChI=1S/C48H44N4/c1-47(2,3)39-24-19-35(20-25-39)43-30-42(51-46(52-43)38-21-26-40(27-22-38)48(4,5)6)34-15-11-32(12-16-34)31-9-13-33(14-10-31)41-28-23-37-18-17-36-8-7-29-49-44(36)45(37)50-41/h7-21,23-30,38H,22H2,1-6H3. The Morgan fingerprint density at radius 3 is 1.62 bits per heavy atom. The highest BCUT2D eigenvalue weighted by atomic mass is 14.9. The fourth-order valence-electron chi connectivity index (χ4n) is 6.99. The van der Waals surface area contributed by atoms with Gasteiger partial charge in [-0.3, -0.25) is 4.98 Å². The van der Waals surface area contributed by atoms with E-state index in [9.17, 15) is 0 Å². The SMILES string of the molecule is CC(C)(C)C1=CCC(c2nc(-c3ccc(-c4ccc(-c5ccc6ccc7cccnc7c6n5)cc4)cc3)cc(-c3ccc(C(C)(C)C)cc3)n2)C=C1. The Balaban J connectivity index is 1.09. The molecule has 3 heterocycles. The molecule has 4 heteroatoms. The van der Waals surface area contributed by atoms with Gasteiger partial charge in [-0.2, -0.15) is 0 Å². The van der Waals surface area contributed by atoms with Gasteiger partial charge < -0.3 is 0 Å². The van der Waals surface area contributed by atoms with Crippen molar-refractivity contribution in [3.8, 4) is 44.9 Å². The van der Waals surface area contributed by atoms with E-state index in [0.29, 0.717) is 0 Å². The monoisotopic (exact) mass is 676 g/mol. The van der Waals surface area contributed by atoms with Crippen LogP contribution in [0.5, 0.6) is 0 Å². The minimum atomic E-state index is 0.0902. The molecule has 0 aliphatic heterocycles. The molecule has 1 atom stereocenters. The van der Waals surface area contributed by atoms with E-state index in [2.05, 4.69) is 174 Å². The number of nitrogens with zero attached hydrogens (tertiary/aromatic N) is 4. The summed E-state index contributed by atoms with van der Waals surface area (Å²) in [5.41, 5.74) is 13.1. The average molecular weight is 677 g/mol. The van der Waals surface area contributed by atoms with Gasteiger partial charge in [0.1, 0.15) is 5.82 Å². The molecule has 4 aromatic carbocycles. The number of fused-ring (bicyclic) bond motifs is 3. The molecule has 0 spiro atoms. The van der Waals surface area contributed by atoms with E-state index in [-0.39, 0.29) is 16.7 Å². The third-order valence-electron chi connectivity index (χ3n) is 10.2. The Morgan fingerprint density at radius 1 is 0.519 bits per heavy atom. The maximum Gasteiger partial charge on any atom is 0.136 e. The summed E-state index contributed by atoms with van der Waals surface area (Å²) in [5, 5.41) is 2.19. The second kappa shape index (κ2) is 13.1. The molecular formula is C48H44N4. The lowest BCUT2D eigenvalue weighted by Gasteiger charge is -2.25. The second-order valence-electron chi connectivity index (χ2n) is 16.0. The molecule has 0 bridgehead atoms. The third kappa shape index (κ3) is 6.69. The second-order valence-corrected chi connectivity index (χ2v) is 16.0. The van der Waals surface area contributed by atoms with Crippen LogP contribution in [0.25, 0.3) is 66.7 Å². The molecule has 8 rings (SSSR count). The van der Waals surface area contributed by atoms with Crippen molar-refractivity contribution in [2.75, 3.05) is 0 Å². The summed E-state index contributed by atoms with van der Waals surface area (Å²) in [4.78, 5) is 20.0. The van der Waals surface area contributed by atoms with Crippen molar-refractivity contribution in [3.63, 3.8) is 0 Å². The van der Waals surface area contributed by atoms with E-state index in [4.69, 9.17) is 15.0 Å². The molecule has 3 aromatic heterocycles. The lowest BCUT2D eigenvalue weighted by Crippen LogP contribution is -2.12. The number of allylic oxidation sites excluding steroid dienone is 4. The molecule has 0 radical (unpaired) electrons. The fraction of sp³-hybridized carbons (Fsp3) is 0.208. The van der Waals surface area contributed by atoms with Crippen molar-refractivity contribution in [2.24, 2.45) is 5.41 Å². The summed E-state index contributed by atoms with van der Waals surface area (Å²) in [6.07, 6.45) is 9.63. The number of aromatic nitrogens is 4. The summed E-state index contributed by atoms with van der Waals surface area (Å²) >= 11 is 0. The first-order valence-electron chi connectivity index (χ1n) is 18.2. The molecule has 1 unspecified atom stereocenters. The molecule has 0 N–H and O–H groups in total. The van der Waals surface area contributed by atoms with Crippen LogP contribution in [-0.4, -0.2) is 19.9 Å². The van der Waals surface area contributed by atoms with Crippen molar-refractivity contribution in [3.05, 3.63) is 157 Å². The molecule has 52 heavy (non-hydrogen) atoms. The Morgan fingerprint density at radius 2 is 1.06 bits per heavy atom. The highest BCUT2D eigenvalue weighted by Crippen LogP contribution is 2.36. The Labute approximate surface area is 307 Å². The van der Waals surface area contributed by atoms with Crippen molar-refractivity contribution in [2.45, 2.75) is 59.3 Å². The van der Waals surface area contributed by atoms with E-state index >= 15 is 0 Å². The summed E-state index contributed by atoms with van der Waals surface area (Å²) < 4.78 is 0. The number of hydrogen-bond donors (Lipinski definition) is 0. The fourth-order valence-corrected chi connectivity index (χ4v) is 6.99. The van der Waals surface area contributed by atoms with Gasteiger partial charge in [0.05, 0.1) is 28.1 Å². The topological polar surface area (TPSA) is 51.6 Å². The highest BCUT2D eigenvalue weighted by molar-refractivity contribution is 6.03. The van der Waals surface area contributed by atoms with Crippen molar-refractivity contribution in [1.29, 1.82) is 0 Å². The number of hydrogen-bond acceptors (Lipinski definition) is 4. The van der Waals surface area contributed by atoms with Gasteiger partial charge in [0.2, 0.25) is 0 Å². The number of pyridine rings is 2. The molecule has 4 nitrogen and oxygen atoms in total. The lowest BCUT2D eigenvalue weighted by molar-refractivity contribution is 0.509. The summed E-state index contributed by atoms with van der Waals surface area (Å²) in [6.45, 7) is 13.5. The summed E-state index contributed by atoms with van der Waals surface area (Å²) in [5.74, 6) is 0.988. The van der Waals surface area contributed by atoms with Gasteiger partial charge in [-0.1, -0.05) is 157 Å². The van der Waals surface area contributed by atoms with E-state index < -0.39 is 0 Å². The minimum Gasteiger partial charge on any atom is -0.254 e. The first kappa shape index (κ1) is 33.4. The molecule has 0 fully saturated rings. The molecule has 0 amide bonds. The van der Waals surface area contributed by atoms with Gasteiger partial charge in [0, 0.05) is 39.6 Å². The molecular weight excluding hydrogens is 633 g/mol. The quantitative estimate of drug-likeness (QED) is 0.170. The normalized spacial score (nSPS) is 14.9. The van der Waals surface area contributed by atoms with Gasteiger partial charge in [0.15, 0.2) is 0 Å². The van der Waals surface area contributed by atoms with Crippen LogP contribution in [-0.2, 0) is 5.41 Å². The van der Waals surface area contributed by atoms with Crippen molar-refractivity contribution in [1.82, 2.24) is 19.9 Å². The first-order chi connectivity index (χ1) is 25.0. The van der Waals surface area contributed by atoms with Gasteiger partial charge in [-0.25, -0.2) is 15.0 Å². The maximum atomic E-state index is 5.18. The lowest BCUT2D eigenvalue weighted by atomic mass is 9.81. The molecule has 0 saturated carbocycles. The predicted molar refractivity (Wildman–Crippen MR) is 217 cm³/mol. The average Bonchev–Trinajstić information content (AvgIpc) is 3.17. The van der Waals surface area contributed by atoms with Gasteiger partial charge in [-0.05, 0) is 57.7 Å². The zero-order chi connectivity index (χ0) is 36.0. The minimum absolute atomic E-state index is 0.0902. The van der Waals surface area contributed by atoms with E-state index in [1.54, 1.807) is 0 Å². The zero-order valence-electron chi connectivity index (χ0n) is 30.9. The van der Waals surface area contributed by atoms with Crippen LogP contribution in [0.3, 0.4) is 0 Å². The van der Waals surface area contributed by atoms with Crippen LogP contribution in [0.2, 0.25) is 0 Å². The maximum absolute atomic E-state index is 5.18. The van der Waals surface area contributed by atoms with Crippen LogP contribution in [0.4, 0.5) is 0 Å². The Kier molecular flexibility index (Phi) is 8.42. The molecule has 1 aliphatic carbocycles. The smallest absolute Gasteiger partial charge is 0.136 e. The van der Waals surface area contributed by atoms with E-state index in [0.717, 1.165) is 79.0 Å². The van der Waals surface area contributed by atoms with Gasteiger partial charge in [-0.15, -0.1) is 0 Å². The summed E-state index contributed by atoms with van der Waals surface area (Å²) in [7, 11) is 0. The van der Waals surface area contributed by atoms with Crippen LogP contribution in [0.15, 0.2) is 145 Å². The first-order valence-corrected chi connectivity index (χ1v) is 18.2. The summed E-state index contributed by atoms with van der Waals surface area (Å²) in [6, 6.07) is 40.9. The molecule has 7 aromatic rings. The molecule has 256 valence electrons. The molecule has 0 saturated heterocycles. The Hall–Kier alpha value is -5.74. The third-order valence-corrected chi connectivity index (χ3v) is 10.2. The number of benzene rings is 4. The van der Waals surface area contributed by atoms with Crippen LogP contribution < -0.4 is 0 Å². The predicted octanol–water partition coefficient (Wildman–Crippen LogP) is 12.6. The number of rotatable bonds is 5. The van der Waals surface area contributed by atoms with Gasteiger partial charge in [0.25, 0.3) is 0 Å².